The van der Waals surface area contributed by atoms with Gasteiger partial charge in [-0.25, -0.2) is 0 Å². The second kappa shape index (κ2) is 8.70. The van der Waals surface area contributed by atoms with Crippen molar-refractivity contribution in [1.29, 1.82) is 0 Å². The lowest BCUT2D eigenvalue weighted by Crippen LogP contribution is -2.51. The average molecular weight is 413 g/mol. The van der Waals surface area contributed by atoms with Gasteiger partial charge in [-0.1, -0.05) is 51.1 Å². The van der Waals surface area contributed by atoms with E-state index in [1.165, 1.54) is 16.0 Å². The van der Waals surface area contributed by atoms with Crippen LogP contribution in [0.25, 0.3) is 10.4 Å². The van der Waals surface area contributed by atoms with Crippen molar-refractivity contribution in [1.82, 2.24) is 10.2 Å². The predicted octanol–water partition coefficient (Wildman–Crippen LogP) is 4.75. The van der Waals surface area contributed by atoms with Crippen LogP contribution in [-0.2, 0) is 16.0 Å². The molecule has 2 amide bonds. The number of piperidine rings is 1. The highest BCUT2D eigenvalue weighted by Crippen LogP contribution is 2.37. The van der Waals surface area contributed by atoms with Crippen LogP contribution in [-0.4, -0.2) is 36.9 Å². The molecule has 1 aliphatic rings. The summed E-state index contributed by atoms with van der Waals surface area (Å²) in [5.41, 5.74) is 1.91. The number of nitrogens with zero attached hydrogens (tertiary/aromatic N) is 1. The van der Waals surface area contributed by atoms with E-state index in [0.717, 1.165) is 0 Å². The van der Waals surface area contributed by atoms with Crippen LogP contribution in [0.5, 0.6) is 0 Å². The van der Waals surface area contributed by atoms with Crippen molar-refractivity contribution < 1.29 is 9.59 Å². The smallest absolute Gasteiger partial charge is 0.226 e. The molecule has 2 heterocycles. The van der Waals surface area contributed by atoms with E-state index in [0.29, 0.717) is 38.8 Å². The molecule has 0 bridgehead atoms. The second-order valence-corrected chi connectivity index (χ2v) is 10.3. The van der Waals surface area contributed by atoms with Crippen molar-refractivity contribution >= 4 is 23.2 Å². The van der Waals surface area contributed by atoms with Crippen molar-refractivity contribution in [3.63, 3.8) is 0 Å². The number of likely N-dealkylation sites (tertiary alicyclic amines) is 1. The molecule has 0 saturated carbocycles. The van der Waals surface area contributed by atoms with Crippen LogP contribution in [0.3, 0.4) is 0 Å². The van der Waals surface area contributed by atoms with Crippen LogP contribution in [0, 0.1) is 10.8 Å². The Labute approximate surface area is 178 Å². The van der Waals surface area contributed by atoms with Crippen LogP contribution in [0.1, 0.15) is 45.6 Å². The third kappa shape index (κ3) is 5.27. The Hall–Kier alpha value is -2.14. The maximum Gasteiger partial charge on any atom is 0.226 e. The van der Waals surface area contributed by atoms with Crippen molar-refractivity contribution in [2.45, 2.75) is 46.5 Å². The summed E-state index contributed by atoms with van der Waals surface area (Å²) < 4.78 is 0. The summed E-state index contributed by atoms with van der Waals surface area (Å²) in [6.45, 7) is 7.56. The van der Waals surface area contributed by atoms with E-state index in [2.05, 4.69) is 67.9 Å². The van der Waals surface area contributed by atoms with Gasteiger partial charge in [-0.15, -0.1) is 11.3 Å². The molecule has 1 saturated heterocycles. The number of benzene rings is 1. The number of amides is 2. The molecule has 0 radical (unpaired) electrons. The lowest BCUT2D eigenvalue weighted by Gasteiger charge is -2.41. The van der Waals surface area contributed by atoms with E-state index in [1.807, 2.05) is 4.90 Å². The van der Waals surface area contributed by atoms with Gasteiger partial charge < -0.3 is 10.2 Å². The molecule has 1 N–H and O–H groups in total. The van der Waals surface area contributed by atoms with E-state index >= 15 is 0 Å². The van der Waals surface area contributed by atoms with Crippen molar-refractivity contribution in [3.8, 4) is 10.4 Å². The first-order chi connectivity index (χ1) is 13.7. The Morgan fingerprint density at radius 1 is 1.10 bits per heavy atom. The van der Waals surface area contributed by atoms with E-state index in [1.54, 1.807) is 18.4 Å². The molecule has 1 fully saturated rings. The molecular weight excluding hydrogens is 380 g/mol. The van der Waals surface area contributed by atoms with E-state index in [9.17, 15) is 9.59 Å². The first-order valence-electron chi connectivity index (χ1n) is 10.4. The second-order valence-electron chi connectivity index (χ2n) is 9.33. The van der Waals surface area contributed by atoms with Gasteiger partial charge in [-0.05, 0) is 47.3 Å². The minimum atomic E-state index is -0.447. The lowest BCUT2D eigenvalue weighted by atomic mass is 9.72. The number of hydrogen-bond acceptors (Lipinski definition) is 3. The maximum atomic E-state index is 12.8. The molecule has 1 aliphatic heterocycles. The van der Waals surface area contributed by atoms with Gasteiger partial charge in [0.2, 0.25) is 11.8 Å². The van der Waals surface area contributed by atoms with Crippen LogP contribution >= 0.6 is 11.3 Å². The van der Waals surface area contributed by atoms with E-state index in [-0.39, 0.29) is 17.2 Å². The third-order valence-electron chi connectivity index (χ3n) is 5.77. The summed E-state index contributed by atoms with van der Waals surface area (Å²) in [5, 5.41) is 4.95. The van der Waals surface area contributed by atoms with Gasteiger partial charge in [0.05, 0.1) is 5.41 Å². The number of rotatable bonds is 5. The summed E-state index contributed by atoms with van der Waals surface area (Å²) in [6.07, 6.45) is 2.66. The molecule has 0 spiro atoms. The largest absolute Gasteiger partial charge is 0.359 e. The summed E-state index contributed by atoms with van der Waals surface area (Å²) in [4.78, 5) is 28.6. The average Bonchev–Trinajstić information content (AvgIpc) is 3.22. The SMILES string of the molecule is CNC(=O)C1(Cc2ccc(-c3cccs3)cc2)CCN(C(=O)CC(C)(C)C)CC1. The van der Waals surface area contributed by atoms with Gasteiger partial charge in [-0.3, -0.25) is 9.59 Å². The Bertz CT molecular complexity index is 827. The highest BCUT2D eigenvalue weighted by Gasteiger charge is 2.42. The molecule has 1 aromatic heterocycles. The Morgan fingerprint density at radius 2 is 1.76 bits per heavy atom. The normalized spacial score (nSPS) is 16.5. The molecular formula is C24H32N2O2S. The number of hydrogen-bond donors (Lipinski definition) is 1. The summed E-state index contributed by atoms with van der Waals surface area (Å²) in [7, 11) is 1.71. The van der Waals surface area contributed by atoms with Crippen LogP contribution in [0.2, 0.25) is 0 Å². The molecule has 156 valence electrons. The van der Waals surface area contributed by atoms with Crippen LogP contribution in [0.15, 0.2) is 41.8 Å². The van der Waals surface area contributed by atoms with Crippen LogP contribution < -0.4 is 5.32 Å². The summed E-state index contributed by atoms with van der Waals surface area (Å²) in [6, 6.07) is 12.7. The number of carbonyl (C=O) groups is 2. The minimum absolute atomic E-state index is 0.0171. The molecule has 4 nitrogen and oxygen atoms in total. The van der Waals surface area contributed by atoms with Crippen LogP contribution in [0.4, 0.5) is 0 Å². The molecule has 3 rings (SSSR count). The zero-order valence-corrected chi connectivity index (χ0v) is 18.8. The molecule has 29 heavy (non-hydrogen) atoms. The minimum Gasteiger partial charge on any atom is -0.359 e. The topological polar surface area (TPSA) is 49.4 Å². The zero-order chi connectivity index (χ0) is 21.1. The standard InChI is InChI=1S/C24H32N2O2S/c1-23(2,3)17-21(27)26-13-11-24(12-14-26,22(28)25-4)16-18-7-9-19(10-8-18)20-6-5-15-29-20/h5-10,15H,11-14,16-17H2,1-4H3,(H,25,28). The molecule has 0 aliphatic carbocycles. The number of nitrogens with one attached hydrogen (secondary N) is 1. The maximum absolute atomic E-state index is 12.8. The van der Waals surface area contributed by atoms with Gasteiger partial charge in [-0.2, -0.15) is 0 Å². The fraction of sp³-hybridized carbons (Fsp3) is 0.500. The van der Waals surface area contributed by atoms with E-state index in [4.69, 9.17) is 0 Å². The molecule has 1 aromatic carbocycles. The summed E-state index contributed by atoms with van der Waals surface area (Å²) in [5.74, 6) is 0.283. The van der Waals surface area contributed by atoms with Gasteiger partial charge in [0.1, 0.15) is 0 Å². The Kier molecular flexibility index (Phi) is 6.47. The predicted molar refractivity (Wildman–Crippen MR) is 120 cm³/mol. The molecule has 0 atom stereocenters. The fourth-order valence-corrected chi connectivity index (χ4v) is 4.85. The highest BCUT2D eigenvalue weighted by atomic mass is 32.1. The third-order valence-corrected chi connectivity index (χ3v) is 6.68. The van der Waals surface area contributed by atoms with Crippen molar-refractivity contribution in [2.75, 3.05) is 20.1 Å². The Morgan fingerprint density at radius 3 is 2.28 bits per heavy atom. The number of carbonyl (C=O) groups excluding carboxylic acids is 2. The zero-order valence-electron chi connectivity index (χ0n) is 18.0. The number of thiophene rings is 1. The molecule has 0 unspecified atom stereocenters. The Balaban J connectivity index is 1.70. The monoisotopic (exact) mass is 412 g/mol. The van der Waals surface area contributed by atoms with Crippen molar-refractivity contribution in [3.05, 3.63) is 47.3 Å². The first-order valence-corrected chi connectivity index (χ1v) is 11.2. The van der Waals surface area contributed by atoms with Crippen molar-refractivity contribution in [2.24, 2.45) is 10.8 Å². The van der Waals surface area contributed by atoms with Gasteiger partial charge in [0, 0.05) is 31.4 Å². The summed E-state index contributed by atoms with van der Waals surface area (Å²) >= 11 is 1.73. The lowest BCUT2D eigenvalue weighted by molar-refractivity contribution is -0.141. The fourth-order valence-electron chi connectivity index (χ4n) is 4.12. The quantitative estimate of drug-likeness (QED) is 0.770. The molecule has 5 heteroatoms. The van der Waals surface area contributed by atoms with E-state index < -0.39 is 5.41 Å². The highest BCUT2D eigenvalue weighted by molar-refractivity contribution is 7.13. The molecule has 2 aromatic rings. The van der Waals surface area contributed by atoms with Gasteiger partial charge in [0.15, 0.2) is 0 Å². The van der Waals surface area contributed by atoms with Gasteiger partial charge in [0.25, 0.3) is 0 Å². The van der Waals surface area contributed by atoms with Gasteiger partial charge >= 0.3 is 0 Å². The first kappa shape index (κ1) is 21.6.